The fraction of sp³-hybridized carbons (Fsp3) is 0.600. The Morgan fingerprint density at radius 1 is 1.56 bits per heavy atom. The molecule has 0 bridgehead atoms. The zero-order valence-electron chi connectivity index (χ0n) is 10.2. The number of hydrogen-bond donors (Lipinski definition) is 2. The molecule has 0 aliphatic heterocycles. The summed E-state index contributed by atoms with van der Waals surface area (Å²) in [4.78, 5) is 26.0. The number of carboxylic acids is 1. The topological polar surface area (TPSA) is 92.2 Å². The summed E-state index contributed by atoms with van der Waals surface area (Å²) in [6.07, 6.45) is 1.80. The van der Waals surface area contributed by atoms with E-state index in [2.05, 4.69) is 14.7 Å². The molecule has 0 aliphatic carbocycles. The van der Waals surface area contributed by atoms with E-state index in [1.807, 2.05) is 6.92 Å². The first-order valence-electron chi connectivity index (χ1n) is 5.48. The molecule has 1 heterocycles. The van der Waals surface area contributed by atoms with E-state index in [-0.39, 0.29) is 11.7 Å². The summed E-state index contributed by atoms with van der Waals surface area (Å²) >= 11 is 2.55. The first kappa shape index (κ1) is 14.9. The van der Waals surface area contributed by atoms with Gasteiger partial charge in [-0.25, -0.2) is 9.78 Å². The van der Waals surface area contributed by atoms with Gasteiger partial charge in [0.05, 0.1) is 0 Å². The first-order valence-corrected chi connectivity index (χ1v) is 7.24. The van der Waals surface area contributed by atoms with Crippen molar-refractivity contribution in [1.29, 1.82) is 0 Å². The van der Waals surface area contributed by atoms with E-state index in [0.29, 0.717) is 0 Å². The third-order valence-electron chi connectivity index (χ3n) is 1.97. The third kappa shape index (κ3) is 5.01. The largest absolute Gasteiger partial charge is 0.480 e. The summed E-state index contributed by atoms with van der Waals surface area (Å²) in [5.74, 6) is -0.366. The molecule has 1 rings (SSSR count). The van der Waals surface area contributed by atoms with Crippen LogP contribution in [0.4, 0.5) is 0 Å². The van der Waals surface area contributed by atoms with Crippen LogP contribution < -0.4 is 5.32 Å². The molecule has 8 heteroatoms. The minimum atomic E-state index is -1.05. The quantitative estimate of drug-likeness (QED) is 0.732. The summed E-state index contributed by atoms with van der Waals surface area (Å²) in [7, 11) is 0. The lowest BCUT2D eigenvalue weighted by Crippen LogP contribution is -2.41. The molecule has 6 nitrogen and oxygen atoms in total. The summed E-state index contributed by atoms with van der Waals surface area (Å²) in [6, 6.07) is -0.897. The second-order valence-electron chi connectivity index (χ2n) is 3.63. The molecule has 1 amide bonds. The minimum Gasteiger partial charge on any atom is -0.480 e. The Morgan fingerprint density at radius 2 is 2.28 bits per heavy atom. The number of carbonyl (C=O) groups excluding carboxylic acids is 1. The van der Waals surface area contributed by atoms with E-state index in [4.69, 9.17) is 5.11 Å². The van der Waals surface area contributed by atoms with Gasteiger partial charge in [-0.2, -0.15) is 4.37 Å². The second-order valence-corrected chi connectivity index (χ2v) is 5.65. The number of nitrogens with zero attached hydrogens (tertiary/aromatic N) is 2. The molecule has 0 spiro atoms. The molecule has 0 saturated heterocycles. The maximum atomic E-state index is 10.9. The van der Waals surface area contributed by atoms with Crippen LogP contribution in [0.5, 0.6) is 0 Å². The van der Waals surface area contributed by atoms with Crippen LogP contribution in [0.15, 0.2) is 4.34 Å². The summed E-state index contributed by atoms with van der Waals surface area (Å²) in [5.41, 5.74) is 0. The molecule has 0 unspecified atom stereocenters. The molecule has 0 aromatic carbocycles. The van der Waals surface area contributed by atoms with Crippen molar-refractivity contribution in [2.24, 2.45) is 0 Å². The van der Waals surface area contributed by atoms with Gasteiger partial charge in [0.25, 0.3) is 0 Å². The number of nitrogens with one attached hydrogen (secondary N) is 1. The van der Waals surface area contributed by atoms with Gasteiger partial charge < -0.3 is 10.4 Å². The first-order chi connectivity index (χ1) is 8.52. The highest BCUT2D eigenvalue weighted by atomic mass is 32.2. The summed E-state index contributed by atoms with van der Waals surface area (Å²) in [5, 5.41) is 11.3. The molecule has 0 aliphatic rings. The van der Waals surface area contributed by atoms with Gasteiger partial charge in [-0.15, -0.1) is 0 Å². The van der Waals surface area contributed by atoms with Crippen molar-refractivity contribution < 1.29 is 14.7 Å². The van der Waals surface area contributed by atoms with Gasteiger partial charge in [0, 0.05) is 19.1 Å². The number of thioether (sulfide) groups is 1. The Kier molecular flexibility index (Phi) is 6.06. The standard InChI is InChI=1S/C10H15N3O3S2/c1-3-4-8-12-10(18-13-8)17-5-7(9(15)16)11-6(2)14/h7H,3-5H2,1-2H3,(H,11,14)(H,15,16)/t7-/m0/s1. The molecule has 0 radical (unpaired) electrons. The smallest absolute Gasteiger partial charge is 0.327 e. The van der Waals surface area contributed by atoms with Crippen LogP contribution in [-0.2, 0) is 16.0 Å². The van der Waals surface area contributed by atoms with Crippen molar-refractivity contribution >= 4 is 35.2 Å². The van der Waals surface area contributed by atoms with Crippen LogP contribution >= 0.6 is 23.3 Å². The van der Waals surface area contributed by atoms with Crippen molar-refractivity contribution in [3.8, 4) is 0 Å². The van der Waals surface area contributed by atoms with E-state index >= 15 is 0 Å². The number of carbonyl (C=O) groups is 2. The highest BCUT2D eigenvalue weighted by molar-refractivity contribution is 8.01. The molecule has 100 valence electrons. The number of rotatable bonds is 7. The van der Waals surface area contributed by atoms with Crippen LogP contribution in [-0.4, -0.2) is 38.1 Å². The Hall–Kier alpha value is -1.15. The molecule has 1 aromatic rings. The van der Waals surface area contributed by atoms with E-state index in [9.17, 15) is 9.59 Å². The average Bonchev–Trinajstić information content (AvgIpc) is 2.72. The Morgan fingerprint density at radius 3 is 2.83 bits per heavy atom. The highest BCUT2D eigenvalue weighted by Crippen LogP contribution is 2.21. The van der Waals surface area contributed by atoms with Gasteiger partial charge in [-0.1, -0.05) is 18.7 Å². The monoisotopic (exact) mass is 289 g/mol. The zero-order valence-corrected chi connectivity index (χ0v) is 11.8. The lowest BCUT2D eigenvalue weighted by atomic mass is 10.3. The maximum absolute atomic E-state index is 10.9. The number of carboxylic acid groups (broad SMARTS) is 1. The van der Waals surface area contributed by atoms with Crippen molar-refractivity contribution in [1.82, 2.24) is 14.7 Å². The Labute approximate surface area is 113 Å². The Balaban J connectivity index is 2.50. The van der Waals surface area contributed by atoms with E-state index in [0.717, 1.165) is 23.0 Å². The second kappa shape index (κ2) is 7.32. The molecule has 1 aromatic heterocycles. The predicted molar refractivity (Wildman–Crippen MR) is 69.9 cm³/mol. The highest BCUT2D eigenvalue weighted by Gasteiger charge is 2.19. The molecule has 2 N–H and O–H groups in total. The van der Waals surface area contributed by atoms with Crippen molar-refractivity contribution in [2.45, 2.75) is 37.1 Å². The zero-order chi connectivity index (χ0) is 13.5. The normalized spacial score (nSPS) is 12.1. The predicted octanol–water partition coefficient (Wildman–Crippen LogP) is 1.17. The maximum Gasteiger partial charge on any atom is 0.327 e. The number of amides is 1. The van der Waals surface area contributed by atoms with Crippen molar-refractivity contribution in [3.63, 3.8) is 0 Å². The molecular formula is C10H15N3O3S2. The average molecular weight is 289 g/mol. The molecule has 18 heavy (non-hydrogen) atoms. The molecule has 0 saturated carbocycles. The molecule has 0 fully saturated rings. The van der Waals surface area contributed by atoms with Gasteiger partial charge in [-0.3, -0.25) is 4.79 Å². The van der Waals surface area contributed by atoms with Crippen LogP contribution in [0.25, 0.3) is 0 Å². The van der Waals surface area contributed by atoms with Gasteiger partial charge in [0.2, 0.25) is 5.91 Å². The lowest BCUT2D eigenvalue weighted by Gasteiger charge is -2.11. The fourth-order valence-corrected chi connectivity index (χ4v) is 2.89. The summed E-state index contributed by atoms with van der Waals surface area (Å²) < 4.78 is 4.90. The molecular weight excluding hydrogens is 274 g/mol. The fourth-order valence-electron chi connectivity index (χ4n) is 1.20. The van der Waals surface area contributed by atoms with Gasteiger partial charge in [-0.05, 0) is 18.0 Å². The van der Waals surface area contributed by atoms with E-state index in [1.54, 1.807) is 0 Å². The van der Waals surface area contributed by atoms with Gasteiger partial charge in [0.15, 0.2) is 4.34 Å². The third-order valence-corrected chi connectivity index (χ3v) is 3.94. The SMILES string of the molecule is CCCc1nsc(SC[C@H](NC(C)=O)C(=O)O)n1. The van der Waals surface area contributed by atoms with E-state index in [1.165, 1.54) is 30.2 Å². The summed E-state index contributed by atoms with van der Waals surface area (Å²) in [6.45, 7) is 3.34. The van der Waals surface area contributed by atoms with Crippen LogP contribution in [0.3, 0.4) is 0 Å². The van der Waals surface area contributed by atoms with Crippen LogP contribution in [0, 0.1) is 0 Å². The lowest BCUT2D eigenvalue weighted by molar-refractivity contribution is -0.140. The van der Waals surface area contributed by atoms with Gasteiger partial charge >= 0.3 is 5.97 Å². The minimum absolute atomic E-state index is 0.246. The van der Waals surface area contributed by atoms with E-state index < -0.39 is 12.0 Å². The number of aryl methyl sites for hydroxylation is 1. The van der Waals surface area contributed by atoms with Crippen LogP contribution in [0.1, 0.15) is 26.1 Å². The number of hydrogen-bond acceptors (Lipinski definition) is 6. The number of aliphatic carboxylic acids is 1. The molecule has 1 atom stereocenters. The van der Waals surface area contributed by atoms with Crippen molar-refractivity contribution in [3.05, 3.63) is 5.82 Å². The van der Waals surface area contributed by atoms with Gasteiger partial charge in [0.1, 0.15) is 11.9 Å². The Bertz CT molecular complexity index is 422. The number of aromatic nitrogens is 2. The van der Waals surface area contributed by atoms with Crippen molar-refractivity contribution in [2.75, 3.05) is 5.75 Å². The van der Waals surface area contributed by atoms with Crippen LogP contribution in [0.2, 0.25) is 0 Å².